The average Bonchev–Trinajstić information content (AvgIpc) is 2.08. The summed E-state index contributed by atoms with van der Waals surface area (Å²) in [6, 6.07) is 6.67. The monoisotopic (exact) mass is 198 g/mol. The van der Waals surface area contributed by atoms with Crippen LogP contribution in [0.15, 0.2) is 24.3 Å². The summed E-state index contributed by atoms with van der Waals surface area (Å²) >= 11 is 5.73. The molecule has 4 heteroatoms. The third-order valence-corrected chi connectivity index (χ3v) is 1.92. The Hall–Kier alpha value is -1.35. The SMILES string of the molecule is O=C(O)C(=O)Cc1ccccc1Cl. The van der Waals surface area contributed by atoms with Crippen molar-refractivity contribution >= 4 is 23.4 Å². The van der Waals surface area contributed by atoms with Gasteiger partial charge in [0, 0.05) is 11.4 Å². The lowest BCUT2D eigenvalue weighted by molar-refractivity contribution is -0.148. The molecule has 0 heterocycles. The Morgan fingerprint density at radius 2 is 1.92 bits per heavy atom. The first-order chi connectivity index (χ1) is 6.11. The van der Waals surface area contributed by atoms with Crippen LogP contribution in [0.3, 0.4) is 0 Å². The molecule has 0 amide bonds. The lowest BCUT2D eigenvalue weighted by Crippen LogP contribution is -2.15. The smallest absolute Gasteiger partial charge is 0.372 e. The van der Waals surface area contributed by atoms with Gasteiger partial charge in [0.05, 0.1) is 0 Å². The second kappa shape index (κ2) is 4.05. The Morgan fingerprint density at radius 1 is 1.31 bits per heavy atom. The number of Topliss-reactive ketones (excluding diaryl/α,β-unsaturated/α-hetero) is 1. The van der Waals surface area contributed by atoms with Gasteiger partial charge in [0.1, 0.15) is 0 Å². The number of rotatable bonds is 3. The first-order valence-corrected chi connectivity index (χ1v) is 3.98. The molecule has 0 aliphatic heterocycles. The van der Waals surface area contributed by atoms with E-state index in [1.165, 1.54) is 0 Å². The van der Waals surface area contributed by atoms with Crippen LogP contribution >= 0.6 is 11.6 Å². The number of benzene rings is 1. The summed E-state index contributed by atoms with van der Waals surface area (Å²) in [5, 5.41) is 8.76. The molecule has 0 aliphatic rings. The van der Waals surface area contributed by atoms with Gasteiger partial charge in [-0.1, -0.05) is 29.8 Å². The van der Waals surface area contributed by atoms with Crippen LogP contribution in [0.5, 0.6) is 0 Å². The van der Waals surface area contributed by atoms with E-state index in [0.29, 0.717) is 10.6 Å². The van der Waals surface area contributed by atoms with Crippen LogP contribution in [0, 0.1) is 0 Å². The van der Waals surface area contributed by atoms with Gasteiger partial charge in [-0.25, -0.2) is 4.79 Å². The lowest BCUT2D eigenvalue weighted by Gasteiger charge is -1.99. The molecule has 0 atom stereocenters. The second-order valence-electron chi connectivity index (χ2n) is 2.50. The van der Waals surface area contributed by atoms with Crippen molar-refractivity contribution in [1.29, 1.82) is 0 Å². The predicted molar refractivity (Wildman–Crippen MR) is 47.8 cm³/mol. The number of aliphatic carboxylic acids is 1. The van der Waals surface area contributed by atoms with Gasteiger partial charge in [0.25, 0.3) is 0 Å². The molecule has 0 radical (unpaired) electrons. The van der Waals surface area contributed by atoms with Crippen molar-refractivity contribution in [2.45, 2.75) is 6.42 Å². The minimum atomic E-state index is -1.43. The summed E-state index contributed by atoms with van der Waals surface area (Å²) in [4.78, 5) is 21.0. The third-order valence-electron chi connectivity index (χ3n) is 1.55. The summed E-state index contributed by atoms with van der Waals surface area (Å²) in [7, 11) is 0. The van der Waals surface area contributed by atoms with Crippen molar-refractivity contribution in [3.8, 4) is 0 Å². The zero-order chi connectivity index (χ0) is 9.84. The maximum Gasteiger partial charge on any atom is 0.372 e. The number of halogens is 1. The lowest BCUT2D eigenvalue weighted by atomic mass is 10.1. The third kappa shape index (κ3) is 2.56. The highest BCUT2D eigenvalue weighted by molar-refractivity contribution is 6.35. The van der Waals surface area contributed by atoms with Crippen LogP contribution in [0.4, 0.5) is 0 Å². The van der Waals surface area contributed by atoms with E-state index >= 15 is 0 Å². The molecule has 1 rings (SSSR count). The minimum Gasteiger partial charge on any atom is -0.475 e. The van der Waals surface area contributed by atoms with Crippen LogP contribution in [0.2, 0.25) is 5.02 Å². The zero-order valence-electron chi connectivity index (χ0n) is 6.66. The van der Waals surface area contributed by atoms with Gasteiger partial charge in [0.2, 0.25) is 5.78 Å². The molecule has 3 nitrogen and oxygen atoms in total. The van der Waals surface area contributed by atoms with Crippen molar-refractivity contribution in [2.24, 2.45) is 0 Å². The van der Waals surface area contributed by atoms with Gasteiger partial charge in [-0.3, -0.25) is 4.79 Å². The average molecular weight is 199 g/mol. The number of hydrogen-bond donors (Lipinski definition) is 1. The minimum absolute atomic E-state index is 0.158. The number of hydrogen-bond acceptors (Lipinski definition) is 2. The van der Waals surface area contributed by atoms with Gasteiger partial charge >= 0.3 is 5.97 Å². The summed E-state index contributed by atoms with van der Waals surface area (Å²) in [6.45, 7) is 0. The highest BCUT2D eigenvalue weighted by atomic mass is 35.5. The van der Waals surface area contributed by atoms with E-state index < -0.39 is 11.8 Å². The molecule has 1 aromatic rings. The normalized spacial score (nSPS) is 9.62. The van der Waals surface area contributed by atoms with Crippen LogP contribution < -0.4 is 0 Å². The Labute approximate surface area is 79.9 Å². The van der Waals surface area contributed by atoms with E-state index in [9.17, 15) is 9.59 Å². The molecule has 0 bridgehead atoms. The molecule has 0 unspecified atom stereocenters. The first kappa shape index (κ1) is 9.74. The van der Waals surface area contributed by atoms with Crippen LogP contribution in [-0.2, 0) is 16.0 Å². The van der Waals surface area contributed by atoms with Crippen molar-refractivity contribution in [2.75, 3.05) is 0 Å². The van der Waals surface area contributed by atoms with Crippen molar-refractivity contribution in [3.63, 3.8) is 0 Å². The Balaban J connectivity index is 2.81. The maximum atomic E-state index is 10.8. The van der Waals surface area contributed by atoms with E-state index in [1.54, 1.807) is 24.3 Å². The molecule has 1 N–H and O–H groups in total. The van der Waals surface area contributed by atoms with Crippen molar-refractivity contribution in [1.82, 2.24) is 0 Å². The molecule has 0 saturated carbocycles. The standard InChI is InChI=1S/C9H7ClO3/c10-7-4-2-1-3-6(7)5-8(11)9(12)13/h1-4H,5H2,(H,12,13). The summed E-state index contributed by atoms with van der Waals surface area (Å²) in [6.07, 6.45) is -0.158. The Morgan fingerprint density at radius 3 is 2.46 bits per heavy atom. The van der Waals surface area contributed by atoms with E-state index in [1.807, 2.05) is 0 Å². The molecule has 0 fully saturated rings. The molecule has 1 aromatic carbocycles. The van der Waals surface area contributed by atoms with Crippen LogP contribution in [0.25, 0.3) is 0 Å². The maximum absolute atomic E-state index is 10.8. The highest BCUT2D eigenvalue weighted by Gasteiger charge is 2.13. The van der Waals surface area contributed by atoms with Gasteiger partial charge < -0.3 is 5.11 Å². The van der Waals surface area contributed by atoms with Crippen molar-refractivity contribution < 1.29 is 14.7 Å². The molecule has 0 spiro atoms. The van der Waals surface area contributed by atoms with Crippen LogP contribution in [0.1, 0.15) is 5.56 Å². The van der Waals surface area contributed by atoms with Gasteiger partial charge in [-0.15, -0.1) is 0 Å². The Kier molecular flexibility index (Phi) is 3.03. The summed E-state index contributed by atoms with van der Waals surface area (Å²) < 4.78 is 0. The number of carbonyl (C=O) groups excluding carboxylic acids is 1. The number of ketones is 1. The molecular formula is C9H7ClO3. The van der Waals surface area contributed by atoms with Gasteiger partial charge in [0.15, 0.2) is 0 Å². The topological polar surface area (TPSA) is 54.4 Å². The van der Waals surface area contributed by atoms with Gasteiger partial charge in [-0.2, -0.15) is 0 Å². The largest absolute Gasteiger partial charge is 0.475 e. The molecule has 68 valence electrons. The second-order valence-corrected chi connectivity index (χ2v) is 2.90. The fourth-order valence-electron chi connectivity index (χ4n) is 0.890. The molecular weight excluding hydrogens is 192 g/mol. The fraction of sp³-hybridized carbons (Fsp3) is 0.111. The predicted octanol–water partition coefficient (Wildman–Crippen LogP) is 1.54. The molecule has 0 saturated heterocycles. The fourth-order valence-corrected chi connectivity index (χ4v) is 1.09. The zero-order valence-corrected chi connectivity index (χ0v) is 7.41. The number of carboxylic acids is 1. The van der Waals surface area contributed by atoms with E-state index in [2.05, 4.69) is 0 Å². The quantitative estimate of drug-likeness (QED) is 0.750. The summed E-state index contributed by atoms with van der Waals surface area (Å²) in [5.74, 6) is -2.28. The van der Waals surface area contributed by atoms with Gasteiger partial charge in [-0.05, 0) is 11.6 Å². The highest BCUT2D eigenvalue weighted by Crippen LogP contribution is 2.15. The first-order valence-electron chi connectivity index (χ1n) is 3.61. The molecule has 0 aromatic heterocycles. The number of carbonyl (C=O) groups is 2. The van der Waals surface area contributed by atoms with E-state index in [4.69, 9.17) is 16.7 Å². The Bertz CT molecular complexity index is 346. The molecule has 0 aliphatic carbocycles. The number of carboxylic acid groups (broad SMARTS) is 1. The van der Waals surface area contributed by atoms with Crippen molar-refractivity contribution in [3.05, 3.63) is 34.9 Å². The van der Waals surface area contributed by atoms with E-state index in [-0.39, 0.29) is 6.42 Å². The molecule has 13 heavy (non-hydrogen) atoms. The summed E-state index contributed by atoms with van der Waals surface area (Å²) in [5.41, 5.74) is 0.538. The van der Waals surface area contributed by atoms with E-state index in [0.717, 1.165) is 0 Å². The van der Waals surface area contributed by atoms with Crippen LogP contribution in [-0.4, -0.2) is 16.9 Å².